The molecule has 0 aliphatic carbocycles. The standard InChI is InChI=1S/C15H19Cl2N3O/c1-2-4-19-5-3-6-20(8-7-19)15(21)18-14-10-12(16)9-13(17)11-14/h2,9-11H,1,3-8H2,(H,18,21). The summed E-state index contributed by atoms with van der Waals surface area (Å²) in [6.07, 6.45) is 2.85. The van der Waals surface area contributed by atoms with Crippen molar-refractivity contribution in [3.8, 4) is 0 Å². The van der Waals surface area contributed by atoms with E-state index in [0.717, 1.165) is 32.6 Å². The molecule has 1 aliphatic rings. The Hall–Kier alpha value is -1.23. The third-order valence-corrected chi connectivity index (χ3v) is 3.81. The van der Waals surface area contributed by atoms with Crippen LogP contribution in [0.2, 0.25) is 10.0 Å². The minimum atomic E-state index is -0.117. The zero-order valence-corrected chi connectivity index (χ0v) is 13.3. The van der Waals surface area contributed by atoms with E-state index >= 15 is 0 Å². The normalized spacial score (nSPS) is 16.4. The van der Waals surface area contributed by atoms with Crippen molar-refractivity contribution >= 4 is 34.9 Å². The van der Waals surface area contributed by atoms with E-state index in [4.69, 9.17) is 23.2 Å². The van der Waals surface area contributed by atoms with E-state index in [9.17, 15) is 4.79 Å². The number of carbonyl (C=O) groups excluding carboxylic acids is 1. The fourth-order valence-electron chi connectivity index (χ4n) is 2.37. The van der Waals surface area contributed by atoms with Gasteiger partial charge in [-0.05, 0) is 24.6 Å². The quantitative estimate of drug-likeness (QED) is 0.859. The van der Waals surface area contributed by atoms with E-state index in [1.165, 1.54) is 0 Å². The second-order valence-electron chi connectivity index (χ2n) is 5.02. The van der Waals surface area contributed by atoms with Gasteiger partial charge in [-0.2, -0.15) is 0 Å². The maximum Gasteiger partial charge on any atom is 0.321 e. The molecule has 0 radical (unpaired) electrons. The summed E-state index contributed by atoms with van der Waals surface area (Å²) in [4.78, 5) is 16.4. The fraction of sp³-hybridized carbons (Fsp3) is 0.400. The summed E-state index contributed by atoms with van der Waals surface area (Å²) in [5.74, 6) is 0. The van der Waals surface area contributed by atoms with Crippen LogP contribution in [0.1, 0.15) is 6.42 Å². The molecule has 2 rings (SSSR count). The summed E-state index contributed by atoms with van der Waals surface area (Å²) in [7, 11) is 0. The van der Waals surface area contributed by atoms with Gasteiger partial charge in [-0.3, -0.25) is 4.90 Å². The Morgan fingerprint density at radius 3 is 2.57 bits per heavy atom. The minimum Gasteiger partial charge on any atom is -0.323 e. The lowest BCUT2D eigenvalue weighted by Crippen LogP contribution is -2.38. The Bertz CT molecular complexity index is 501. The number of carbonyl (C=O) groups is 1. The molecule has 2 amide bonds. The smallest absolute Gasteiger partial charge is 0.321 e. The van der Waals surface area contributed by atoms with Crippen molar-refractivity contribution in [2.24, 2.45) is 0 Å². The molecule has 0 atom stereocenters. The first-order valence-electron chi connectivity index (χ1n) is 6.94. The van der Waals surface area contributed by atoms with Crippen molar-refractivity contribution in [1.82, 2.24) is 9.80 Å². The highest BCUT2D eigenvalue weighted by atomic mass is 35.5. The van der Waals surface area contributed by atoms with Gasteiger partial charge >= 0.3 is 6.03 Å². The lowest BCUT2D eigenvalue weighted by atomic mass is 10.3. The lowest BCUT2D eigenvalue weighted by molar-refractivity contribution is 0.212. The van der Waals surface area contributed by atoms with Crippen molar-refractivity contribution in [2.75, 3.05) is 38.0 Å². The van der Waals surface area contributed by atoms with E-state index in [0.29, 0.717) is 22.3 Å². The number of hydrogen-bond donors (Lipinski definition) is 1. The number of urea groups is 1. The van der Waals surface area contributed by atoms with E-state index in [2.05, 4.69) is 16.8 Å². The third-order valence-electron chi connectivity index (χ3n) is 3.38. The Balaban J connectivity index is 1.95. The van der Waals surface area contributed by atoms with Gasteiger partial charge in [0.05, 0.1) is 0 Å². The van der Waals surface area contributed by atoms with Crippen molar-refractivity contribution in [1.29, 1.82) is 0 Å². The first-order valence-corrected chi connectivity index (χ1v) is 7.69. The van der Waals surface area contributed by atoms with Crippen molar-refractivity contribution in [3.63, 3.8) is 0 Å². The van der Waals surface area contributed by atoms with Crippen LogP contribution in [-0.2, 0) is 0 Å². The third kappa shape index (κ3) is 4.92. The Kier molecular flexibility index (Phi) is 5.91. The first kappa shape index (κ1) is 16.1. The number of hydrogen-bond acceptors (Lipinski definition) is 2. The maximum atomic E-state index is 12.3. The summed E-state index contributed by atoms with van der Waals surface area (Å²) >= 11 is 11.9. The zero-order chi connectivity index (χ0) is 15.2. The molecule has 1 aromatic carbocycles. The molecule has 1 saturated heterocycles. The van der Waals surface area contributed by atoms with Crippen LogP contribution >= 0.6 is 23.2 Å². The molecular formula is C15H19Cl2N3O. The molecule has 1 aliphatic heterocycles. The van der Waals surface area contributed by atoms with Crippen molar-refractivity contribution < 1.29 is 4.79 Å². The van der Waals surface area contributed by atoms with Crippen LogP contribution in [0.15, 0.2) is 30.9 Å². The highest BCUT2D eigenvalue weighted by Gasteiger charge is 2.18. The number of rotatable bonds is 3. The van der Waals surface area contributed by atoms with Gasteiger partial charge in [0.1, 0.15) is 0 Å². The SMILES string of the molecule is C=CCN1CCCN(C(=O)Nc2cc(Cl)cc(Cl)c2)CC1. The lowest BCUT2D eigenvalue weighted by Gasteiger charge is -2.21. The van der Waals surface area contributed by atoms with Gasteiger partial charge in [0.2, 0.25) is 0 Å². The number of anilines is 1. The van der Waals surface area contributed by atoms with E-state index < -0.39 is 0 Å². The van der Waals surface area contributed by atoms with Crippen LogP contribution in [0.4, 0.5) is 10.5 Å². The first-order chi connectivity index (χ1) is 10.1. The van der Waals surface area contributed by atoms with Crippen LogP contribution < -0.4 is 5.32 Å². The second-order valence-corrected chi connectivity index (χ2v) is 5.89. The molecule has 1 heterocycles. The largest absolute Gasteiger partial charge is 0.323 e. The van der Waals surface area contributed by atoms with Gasteiger partial charge in [0, 0.05) is 48.5 Å². The van der Waals surface area contributed by atoms with Gasteiger partial charge in [-0.25, -0.2) is 4.79 Å². The average Bonchev–Trinajstić information content (AvgIpc) is 2.63. The summed E-state index contributed by atoms with van der Waals surface area (Å²) < 4.78 is 0. The molecule has 4 nitrogen and oxygen atoms in total. The summed E-state index contributed by atoms with van der Waals surface area (Å²) in [5.41, 5.74) is 0.615. The fourth-order valence-corrected chi connectivity index (χ4v) is 2.89. The van der Waals surface area contributed by atoms with Crippen molar-refractivity contribution in [2.45, 2.75) is 6.42 Å². The Morgan fingerprint density at radius 2 is 1.90 bits per heavy atom. The summed E-state index contributed by atoms with van der Waals surface area (Å²) in [6.45, 7) is 7.90. The summed E-state index contributed by atoms with van der Waals surface area (Å²) in [6, 6.07) is 4.90. The predicted octanol–water partition coefficient (Wildman–Crippen LogP) is 3.72. The molecule has 1 fully saturated rings. The molecular weight excluding hydrogens is 309 g/mol. The summed E-state index contributed by atoms with van der Waals surface area (Å²) in [5, 5.41) is 3.86. The molecule has 0 saturated carbocycles. The Labute approximate surface area is 135 Å². The minimum absolute atomic E-state index is 0.117. The number of benzene rings is 1. The second kappa shape index (κ2) is 7.69. The van der Waals surface area contributed by atoms with Gasteiger partial charge in [-0.15, -0.1) is 6.58 Å². The van der Waals surface area contributed by atoms with E-state index in [-0.39, 0.29) is 6.03 Å². The molecule has 0 unspecified atom stereocenters. The molecule has 0 bridgehead atoms. The Morgan fingerprint density at radius 1 is 1.19 bits per heavy atom. The molecule has 1 aromatic rings. The molecule has 21 heavy (non-hydrogen) atoms. The number of halogens is 2. The topological polar surface area (TPSA) is 35.6 Å². The zero-order valence-electron chi connectivity index (χ0n) is 11.8. The van der Waals surface area contributed by atoms with Crippen LogP contribution in [0, 0.1) is 0 Å². The van der Waals surface area contributed by atoms with E-state index in [1.807, 2.05) is 11.0 Å². The van der Waals surface area contributed by atoms with Gasteiger partial charge in [0.25, 0.3) is 0 Å². The van der Waals surface area contributed by atoms with Crippen LogP contribution in [0.5, 0.6) is 0 Å². The van der Waals surface area contributed by atoms with Crippen molar-refractivity contribution in [3.05, 3.63) is 40.9 Å². The average molecular weight is 328 g/mol. The number of nitrogens with zero attached hydrogens (tertiary/aromatic N) is 2. The molecule has 114 valence electrons. The van der Waals surface area contributed by atoms with Gasteiger partial charge in [0.15, 0.2) is 0 Å². The highest BCUT2D eigenvalue weighted by Crippen LogP contribution is 2.22. The van der Waals surface area contributed by atoms with Gasteiger partial charge < -0.3 is 10.2 Å². The highest BCUT2D eigenvalue weighted by molar-refractivity contribution is 6.35. The number of amides is 2. The van der Waals surface area contributed by atoms with Crippen LogP contribution in [0.3, 0.4) is 0 Å². The molecule has 0 aromatic heterocycles. The molecule has 6 heteroatoms. The predicted molar refractivity (Wildman–Crippen MR) is 88.3 cm³/mol. The number of nitrogens with one attached hydrogen (secondary N) is 1. The molecule has 0 spiro atoms. The van der Waals surface area contributed by atoms with Crippen LogP contribution in [-0.4, -0.2) is 48.6 Å². The van der Waals surface area contributed by atoms with E-state index in [1.54, 1.807) is 18.2 Å². The monoisotopic (exact) mass is 327 g/mol. The molecule has 1 N–H and O–H groups in total. The van der Waals surface area contributed by atoms with Crippen LogP contribution in [0.25, 0.3) is 0 Å². The maximum absolute atomic E-state index is 12.3. The van der Waals surface area contributed by atoms with Gasteiger partial charge in [-0.1, -0.05) is 29.3 Å².